The normalized spacial score (nSPS) is 11.7. The van der Waals surface area contributed by atoms with Crippen molar-refractivity contribution in [2.24, 2.45) is 0 Å². The van der Waals surface area contributed by atoms with E-state index in [1.54, 1.807) is 24.3 Å². The quantitative estimate of drug-likeness (QED) is 0.255. The summed E-state index contributed by atoms with van der Waals surface area (Å²) in [4.78, 5) is 4.31. The van der Waals surface area contributed by atoms with Crippen molar-refractivity contribution in [3.05, 3.63) is 85.1 Å². The Morgan fingerprint density at radius 3 is 1.97 bits per heavy atom. The maximum atomic E-state index is 5.92. The molecule has 0 bridgehead atoms. The second-order valence-electron chi connectivity index (χ2n) is 8.21. The van der Waals surface area contributed by atoms with E-state index in [2.05, 4.69) is 57.9 Å². The number of anilines is 2. The number of hydrogen-bond donors (Lipinski definition) is 0. The lowest BCUT2D eigenvalue weighted by Gasteiger charge is -2.20. The third-order valence-corrected chi connectivity index (χ3v) is 5.69. The SMILES string of the molecule is C=C/C=C(\C=C\c1nnc(-c2ccc(N(CC)CC)cc2)o1)c1nnc(-c2ccc(N(C)C)cc2)o1. The van der Waals surface area contributed by atoms with Gasteiger partial charge in [-0.15, -0.1) is 20.4 Å². The van der Waals surface area contributed by atoms with E-state index >= 15 is 0 Å². The van der Waals surface area contributed by atoms with Gasteiger partial charge in [-0.05, 0) is 68.5 Å². The average Bonchev–Trinajstić information content (AvgIpc) is 3.58. The van der Waals surface area contributed by atoms with Crippen molar-refractivity contribution in [3.63, 3.8) is 0 Å². The highest BCUT2D eigenvalue weighted by Gasteiger charge is 2.12. The maximum absolute atomic E-state index is 5.92. The van der Waals surface area contributed by atoms with Crippen molar-refractivity contribution in [2.75, 3.05) is 37.0 Å². The standard InChI is InChI=1S/C28H30N6O2/c1-6-9-20(27-31-32-28(36-27)22-10-15-23(16-11-22)33(4)5)14-19-25-29-30-26(35-25)21-12-17-24(18-13-21)34(7-2)8-3/h6,9-19H,1,7-8H2,2-5H3/b19-14+,20-9+. The fourth-order valence-electron chi connectivity index (χ4n) is 3.67. The van der Waals surface area contributed by atoms with E-state index in [-0.39, 0.29) is 0 Å². The number of rotatable bonds is 10. The van der Waals surface area contributed by atoms with E-state index in [1.807, 2.05) is 55.4 Å². The Labute approximate surface area is 211 Å². The summed E-state index contributed by atoms with van der Waals surface area (Å²) in [5, 5.41) is 16.7. The first kappa shape index (κ1) is 24.7. The molecule has 0 aliphatic rings. The summed E-state index contributed by atoms with van der Waals surface area (Å²) in [5.74, 6) is 1.62. The maximum Gasteiger partial charge on any atom is 0.248 e. The fraction of sp³-hybridized carbons (Fsp3) is 0.214. The molecule has 0 unspecified atom stereocenters. The summed E-state index contributed by atoms with van der Waals surface area (Å²) in [6.45, 7) is 9.98. The molecule has 0 aliphatic heterocycles. The molecule has 0 spiro atoms. The molecular formula is C28H30N6O2. The van der Waals surface area contributed by atoms with Crippen LogP contribution in [-0.4, -0.2) is 47.6 Å². The Balaban J connectivity index is 1.50. The highest BCUT2D eigenvalue weighted by Crippen LogP contribution is 2.26. The van der Waals surface area contributed by atoms with Gasteiger partial charge in [-0.25, -0.2) is 0 Å². The van der Waals surface area contributed by atoms with Gasteiger partial charge < -0.3 is 18.6 Å². The van der Waals surface area contributed by atoms with Gasteiger partial charge in [0.1, 0.15) is 0 Å². The van der Waals surface area contributed by atoms with Crippen molar-refractivity contribution in [1.29, 1.82) is 0 Å². The van der Waals surface area contributed by atoms with Crippen molar-refractivity contribution in [1.82, 2.24) is 20.4 Å². The molecule has 36 heavy (non-hydrogen) atoms. The molecule has 4 aromatic rings. The molecule has 0 saturated heterocycles. The van der Waals surface area contributed by atoms with Crippen LogP contribution in [0.2, 0.25) is 0 Å². The topological polar surface area (TPSA) is 84.3 Å². The van der Waals surface area contributed by atoms with E-state index in [4.69, 9.17) is 8.83 Å². The third-order valence-electron chi connectivity index (χ3n) is 5.69. The van der Waals surface area contributed by atoms with Gasteiger partial charge >= 0.3 is 0 Å². The molecule has 0 N–H and O–H groups in total. The first-order valence-electron chi connectivity index (χ1n) is 11.8. The zero-order chi connectivity index (χ0) is 25.5. The fourth-order valence-corrected chi connectivity index (χ4v) is 3.67. The van der Waals surface area contributed by atoms with Crippen LogP contribution in [0.15, 0.2) is 82.2 Å². The van der Waals surface area contributed by atoms with Crippen molar-refractivity contribution >= 4 is 23.0 Å². The lowest BCUT2D eigenvalue weighted by atomic mass is 10.2. The monoisotopic (exact) mass is 482 g/mol. The molecule has 0 atom stereocenters. The molecule has 8 heteroatoms. The van der Waals surface area contributed by atoms with Gasteiger partial charge in [-0.2, -0.15) is 0 Å². The number of aromatic nitrogens is 4. The molecule has 0 fully saturated rings. The first-order chi connectivity index (χ1) is 17.5. The summed E-state index contributed by atoms with van der Waals surface area (Å²) in [7, 11) is 3.99. The second kappa shape index (κ2) is 11.3. The highest BCUT2D eigenvalue weighted by molar-refractivity contribution is 5.75. The summed E-state index contributed by atoms with van der Waals surface area (Å²) < 4.78 is 11.8. The second-order valence-corrected chi connectivity index (χ2v) is 8.21. The van der Waals surface area contributed by atoms with Crippen LogP contribution in [0.4, 0.5) is 11.4 Å². The van der Waals surface area contributed by atoms with Crippen LogP contribution in [0.5, 0.6) is 0 Å². The number of benzene rings is 2. The zero-order valence-corrected chi connectivity index (χ0v) is 21.0. The largest absolute Gasteiger partial charge is 0.417 e. The predicted molar refractivity (Wildman–Crippen MR) is 145 cm³/mol. The van der Waals surface area contributed by atoms with E-state index in [0.717, 1.165) is 35.6 Å². The molecule has 184 valence electrons. The van der Waals surface area contributed by atoms with Gasteiger partial charge in [-0.1, -0.05) is 18.7 Å². The van der Waals surface area contributed by atoms with Gasteiger partial charge in [0.05, 0.1) is 0 Å². The minimum Gasteiger partial charge on any atom is -0.417 e. The Hall–Kier alpha value is -4.46. The van der Waals surface area contributed by atoms with E-state index in [0.29, 0.717) is 29.1 Å². The molecule has 2 heterocycles. The number of allylic oxidation sites excluding steroid dienone is 4. The Morgan fingerprint density at radius 1 is 0.806 bits per heavy atom. The molecule has 2 aromatic heterocycles. The van der Waals surface area contributed by atoms with Gasteiger partial charge in [0, 0.05) is 61.3 Å². The third kappa shape index (κ3) is 5.60. The van der Waals surface area contributed by atoms with Crippen molar-refractivity contribution in [2.45, 2.75) is 13.8 Å². The molecule has 0 saturated carbocycles. The van der Waals surface area contributed by atoms with E-state index in [9.17, 15) is 0 Å². The average molecular weight is 483 g/mol. The summed E-state index contributed by atoms with van der Waals surface area (Å²) >= 11 is 0. The molecular weight excluding hydrogens is 452 g/mol. The molecule has 2 aromatic carbocycles. The van der Waals surface area contributed by atoms with Gasteiger partial charge in [-0.3, -0.25) is 0 Å². The number of nitrogens with zero attached hydrogens (tertiary/aromatic N) is 6. The highest BCUT2D eigenvalue weighted by atomic mass is 16.4. The van der Waals surface area contributed by atoms with Gasteiger partial charge in [0.25, 0.3) is 0 Å². The van der Waals surface area contributed by atoms with Crippen LogP contribution in [0.25, 0.3) is 34.6 Å². The van der Waals surface area contributed by atoms with Crippen LogP contribution >= 0.6 is 0 Å². The zero-order valence-electron chi connectivity index (χ0n) is 21.0. The lowest BCUT2D eigenvalue weighted by molar-refractivity contribution is 0.554. The lowest BCUT2D eigenvalue weighted by Crippen LogP contribution is -2.21. The van der Waals surface area contributed by atoms with Crippen LogP contribution in [0.1, 0.15) is 25.6 Å². The minimum absolute atomic E-state index is 0.365. The molecule has 0 amide bonds. The molecule has 0 radical (unpaired) electrons. The van der Waals surface area contributed by atoms with Crippen LogP contribution in [0, 0.1) is 0 Å². The minimum atomic E-state index is 0.365. The first-order valence-corrected chi connectivity index (χ1v) is 11.8. The van der Waals surface area contributed by atoms with E-state index < -0.39 is 0 Å². The Morgan fingerprint density at radius 2 is 1.39 bits per heavy atom. The number of hydrogen-bond acceptors (Lipinski definition) is 8. The Bertz CT molecular complexity index is 1340. The summed E-state index contributed by atoms with van der Waals surface area (Å²) in [6.07, 6.45) is 6.94. The molecule has 0 aliphatic carbocycles. The van der Waals surface area contributed by atoms with Gasteiger partial charge in [0.2, 0.25) is 23.6 Å². The van der Waals surface area contributed by atoms with Crippen molar-refractivity contribution < 1.29 is 8.83 Å². The molecule has 4 rings (SSSR count). The summed E-state index contributed by atoms with van der Waals surface area (Å²) in [6, 6.07) is 16.0. The molecule has 8 nitrogen and oxygen atoms in total. The van der Waals surface area contributed by atoms with E-state index in [1.165, 1.54) is 0 Å². The predicted octanol–water partition coefficient (Wildman–Crippen LogP) is 5.98. The Kier molecular flexibility index (Phi) is 7.75. The smallest absolute Gasteiger partial charge is 0.248 e. The summed E-state index contributed by atoms with van der Waals surface area (Å²) in [5.41, 5.74) is 4.64. The van der Waals surface area contributed by atoms with Crippen LogP contribution in [0.3, 0.4) is 0 Å². The van der Waals surface area contributed by atoms with Crippen molar-refractivity contribution in [3.8, 4) is 22.9 Å². The van der Waals surface area contributed by atoms with Gasteiger partial charge in [0.15, 0.2) is 0 Å². The van der Waals surface area contributed by atoms with Crippen LogP contribution in [-0.2, 0) is 0 Å². The van der Waals surface area contributed by atoms with Crippen LogP contribution < -0.4 is 9.80 Å².